The SMILES string of the molecule is CCCOc1ccc(C(=O)CC(=O)c2ccco2)cc1. The zero-order valence-corrected chi connectivity index (χ0v) is 11.3. The van der Waals surface area contributed by atoms with Crippen molar-refractivity contribution in [2.75, 3.05) is 6.61 Å². The summed E-state index contributed by atoms with van der Waals surface area (Å²) in [5.41, 5.74) is 0.494. The van der Waals surface area contributed by atoms with Gasteiger partial charge in [0.2, 0.25) is 5.78 Å². The molecule has 0 aliphatic heterocycles. The van der Waals surface area contributed by atoms with Crippen molar-refractivity contribution in [1.82, 2.24) is 0 Å². The Balaban J connectivity index is 1.97. The first kappa shape index (κ1) is 14.1. The molecule has 0 radical (unpaired) electrons. The molecule has 104 valence electrons. The third kappa shape index (κ3) is 3.57. The van der Waals surface area contributed by atoms with E-state index >= 15 is 0 Å². The molecule has 0 saturated carbocycles. The first-order valence-electron chi connectivity index (χ1n) is 6.53. The molecular weight excluding hydrogens is 256 g/mol. The molecule has 0 aliphatic carbocycles. The average molecular weight is 272 g/mol. The number of ether oxygens (including phenoxy) is 1. The molecule has 0 saturated heterocycles. The van der Waals surface area contributed by atoms with Gasteiger partial charge in [0, 0.05) is 5.56 Å². The van der Waals surface area contributed by atoms with Gasteiger partial charge in [0.05, 0.1) is 19.3 Å². The van der Waals surface area contributed by atoms with Gasteiger partial charge in [0.25, 0.3) is 0 Å². The van der Waals surface area contributed by atoms with E-state index in [9.17, 15) is 9.59 Å². The summed E-state index contributed by atoms with van der Waals surface area (Å²) in [6, 6.07) is 9.99. The Labute approximate surface area is 117 Å². The fourth-order valence-corrected chi connectivity index (χ4v) is 1.73. The lowest BCUT2D eigenvalue weighted by atomic mass is 10.0. The number of Topliss-reactive ketones (excluding diaryl/α,β-unsaturated/α-hetero) is 2. The molecule has 4 heteroatoms. The van der Waals surface area contributed by atoms with Crippen LogP contribution < -0.4 is 4.74 Å². The van der Waals surface area contributed by atoms with Gasteiger partial charge in [-0.1, -0.05) is 6.92 Å². The second-order valence-corrected chi connectivity index (χ2v) is 4.37. The summed E-state index contributed by atoms with van der Waals surface area (Å²) in [6.45, 7) is 2.67. The monoisotopic (exact) mass is 272 g/mol. The van der Waals surface area contributed by atoms with Crippen LogP contribution in [0.1, 0.15) is 40.7 Å². The van der Waals surface area contributed by atoms with Crippen LogP contribution in [0.2, 0.25) is 0 Å². The molecule has 0 fully saturated rings. The number of hydrogen-bond acceptors (Lipinski definition) is 4. The zero-order valence-electron chi connectivity index (χ0n) is 11.3. The normalized spacial score (nSPS) is 10.2. The molecule has 2 rings (SSSR count). The molecule has 0 amide bonds. The summed E-state index contributed by atoms with van der Waals surface area (Å²) in [4.78, 5) is 23.7. The van der Waals surface area contributed by atoms with Crippen LogP contribution in [-0.2, 0) is 0 Å². The molecule has 0 unspecified atom stereocenters. The second kappa shape index (κ2) is 6.70. The predicted octanol–water partition coefficient (Wildman–Crippen LogP) is 3.52. The molecule has 1 heterocycles. The average Bonchev–Trinajstić information content (AvgIpc) is 3.00. The van der Waals surface area contributed by atoms with Crippen LogP contribution >= 0.6 is 0 Å². The molecule has 0 atom stereocenters. The van der Waals surface area contributed by atoms with Crippen LogP contribution in [0, 0.1) is 0 Å². The fourth-order valence-electron chi connectivity index (χ4n) is 1.73. The molecule has 20 heavy (non-hydrogen) atoms. The minimum Gasteiger partial charge on any atom is -0.494 e. The van der Waals surface area contributed by atoms with Crippen molar-refractivity contribution < 1.29 is 18.7 Å². The van der Waals surface area contributed by atoms with Crippen molar-refractivity contribution >= 4 is 11.6 Å². The maximum Gasteiger partial charge on any atom is 0.205 e. The highest BCUT2D eigenvalue weighted by molar-refractivity contribution is 6.12. The Morgan fingerprint density at radius 2 is 1.85 bits per heavy atom. The molecule has 2 aromatic rings. The zero-order chi connectivity index (χ0) is 14.4. The minimum absolute atomic E-state index is 0.192. The van der Waals surface area contributed by atoms with Gasteiger partial charge in [-0.2, -0.15) is 0 Å². The number of furan rings is 1. The summed E-state index contributed by atoms with van der Waals surface area (Å²) in [7, 11) is 0. The van der Waals surface area contributed by atoms with Crippen molar-refractivity contribution in [2.45, 2.75) is 19.8 Å². The Morgan fingerprint density at radius 1 is 1.10 bits per heavy atom. The lowest BCUT2D eigenvalue weighted by molar-refractivity contribution is 0.0878. The summed E-state index contributed by atoms with van der Waals surface area (Å²) in [5.74, 6) is 0.391. The lowest BCUT2D eigenvalue weighted by Gasteiger charge is -2.05. The van der Waals surface area contributed by atoms with E-state index in [4.69, 9.17) is 9.15 Å². The van der Waals surface area contributed by atoms with Gasteiger partial charge in [-0.3, -0.25) is 9.59 Å². The van der Waals surface area contributed by atoms with Crippen LogP contribution in [0.3, 0.4) is 0 Å². The van der Waals surface area contributed by atoms with Gasteiger partial charge in [-0.05, 0) is 42.8 Å². The summed E-state index contributed by atoms with van der Waals surface area (Å²) < 4.78 is 10.4. The topological polar surface area (TPSA) is 56.5 Å². The Kier molecular flexibility index (Phi) is 4.71. The van der Waals surface area contributed by atoms with Crippen molar-refractivity contribution in [3.8, 4) is 5.75 Å². The van der Waals surface area contributed by atoms with Gasteiger partial charge in [0.1, 0.15) is 5.75 Å². The molecule has 0 bridgehead atoms. The number of benzene rings is 1. The third-order valence-electron chi connectivity index (χ3n) is 2.77. The maximum atomic E-state index is 12.0. The quantitative estimate of drug-likeness (QED) is 0.571. The highest BCUT2D eigenvalue weighted by Crippen LogP contribution is 2.15. The first-order chi connectivity index (χ1) is 9.70. The lowest BCUT2D eigenvalue weighted by Crippen LogP contribution is -2.08. The van der Waals surface area contributed by atoms with Crippen molar-refractivity contribution in [2.24, 2.45) is 0 Å². The number of hydrogen-bond donors (Lipinski definition) is 0. The number of rotatable bonds is 7. The second-order valence-electron chi connectivity index (χ2n) is 4.37. The largest absolute Gasteiger partial charge is 0.494 e. The van der Waals surface area contributed by atoms with Crippen LogP contribution in [0.5, 0.6) is 5.75 Å². The Bertz CT molecular complexity index is 567. The van der Waals surface area contributed by atoms with Gasteiger partial charge in [-0.25, -0.2) is 0 Å². The highest BCUT2D eigenvalue weighted by atomic mass is 16.5. The van der Waals surface area contributed by atoms with Crippen molar-refractivity contribution in [3.05, 3.63) is 54.0 Å². The van der Waals surface area contributed by atoms with Crippen LogP contribution in [0.15, 0.2) is 47.1 Å². The molecule has 1 aromatic heterocycles. The maximum absolute atomic E-state index is 12.0. The van der Waals surface area contributed by atoms with Gasteiger partial charge < -0.3 is 9.15 Å². The van der Waals surface area contributed by atoms with Crippen molar-refractivity contribution in [3.63, 3.8) is 0 Å². The van der Waals surface area contributed by atoms with E-state index < -0.39 is 0 Å². The summed E-state index contributed by atoms with van der Waals surface area (Å²) in [6.07, 6.45) is 2.15. The van der Waals surface area contributed by atoms with Crippen LogP contribution in [0.4, 0.5) is 0 Å². The van der Waals surface area contributed by atoms with E-state index in [0.717, 1.165) is 12.2 Å². The minimum atomic E-state index is -0.314. The molecule has 4 nitrogen and oxygen atoms in total. The standard InChI is InChI=1S/C16H16O4/c1-2-9-19-13-7-5-12(6-8-13)14(17)11-15(18)16-4-3-10-20-16/h3-8,10H,2,9,11H2,1H3. The van der Waals surface area contributed by atoms with E-state index in [1.807, 2.05) is 6.92 Å². The molecule has 1 aromatic carbocycles. The van der Waals surface area contributed by atoms with E-state index in [-0.39, 0.29) is 23.7 Å². The first-order valence-corrected chi connectivity index (χ1v) is 6.53. The van der Waals surface area contributed by atoms with Gasteiger partial charge >= 0.3 is 0 Å². The smallest absolute Gasteiger partial charge is 0.205 e. The van der Waals surface area contributed by atoms with Crippen LogP contribution in [-0.4, -0.2) is 18.2 Å². The molecule has 0 aliphatic rings. The van der Waals surface area contributed by atoms with Gasteiger partial charge in [0.15, 0.2) is 11.5 Å². The van der Waals surface area contributed by atoms with Crippen molar-refractivity contribution in [1.29, 1.82) is 0 Å². The van der Waals surface area contributed by atoms with E-state index in [1.165, 1.54) is 6.26 Å². The highest BCUT2D eigenvalue weighted by Gasteiger charge is 2.15. The summed E-state index contributed by atoms with van der Waals surface area (Å²) in [5, 5.41) is 0. The molecule has 0 spiro atoms. The number of carbonyl (C=O) groups excluding carboxylic acids is 2. The third-order valence-corrected chi connectivity index (χ3v) is 2.77. The summed E-state index contributed by atoms with van der Waals surface area (Å²) >= 11 is 0. The van der Waals surface area contributed by atoms with E-state index in [2.05, 4.69) is 0 Å². The Morgan fingerprint density at radius 3 is 2.45 bits per heavy atom. The molecular formula is C16H16O4. The number of ketones is 2. The van der Waals surface area contributed by atoms with Crippen LogP contribution in [0.25, 0.3) is 0 Å². The van der Waals surface area contributed by atoms with Gasteiger partial charge in [-0.15, -0.1) is 0 Å². The fraction of sp³-hybridized carbons (Fsp3) is 0.250. The molecule has 0 N–H and O–H groups in total. The van der Waals surface area contributed by atoms with E-state index in [0.29, 0.717) is 12.2 Å². The number of carbonyl (C=O) groups is 2. The Hall–Kier alpha value is -2.36. The van der Waals surface area contributed by atoms with E-state index in [1.54, 1.807) is 36.4 Å². The predicted molar refractivity (Wildman–Crippen MR) is 74.2 cm³/mol.